The van der Waals surface area contributed by atoms with Crippen LogP contribution >= 0.6 is 0 Å². The number of carbonyl (C=O) groups excluding carboxylic acids is 1. The van der Waals surface area contributed by atoms with Gasteiger partial charge >= 0.3 is 5.63 Å². The van der Waals surface area contributed by atoms with Crippen LogP contribution in [0.25, 0.3) is 11.0 Å². The van der Waals surface area contributed by atoms with E-state index in [1.165, 1.54) is 20.3 Å². The summed E-state index contributed by atoms with van der Waals surface area (Å²) in [5, 5.41) is 0.691. The van der Waals surface area contributed by atoms with Gasteiger partial charge in [-0.2, -0.15) is 0 Å². The molecule has 0 N–H and O–H groups in total. The van der Waals surface area contributed by atoms with Crippen LogP contribution in [0.4, 0.5) is 0 Å². The van der Waals surface area contributed by atoms with Crippen molar-refractivity contribution in [2.75, 3.05) is 14.2 Å². The fourth-order valence-electron chi connectivity index (χ4n) is 2.35. The molecule has 3 aromatic rings. The summed E-state index contributed by atoms with van der Waals surface area (Å²) in [5.41, 5.74) is 0.0889. The molecule has 0 spiro atoms. The van der Waals surface area contributed by atoms with Crippen molar-refractivity contribution in [3.05, 3.63) is 70.1 Å². The highest BCUT2D eigenvalue weighted by atomic mass is 16.5. The van der Waals surface area contributed by atoms with E-state index < -0.39 is 11.4 Å². The molecular weight excluding hydrogens is 296 g/mol. The summed E-state index contributed by atoms with van der Waals surface area (Å²) in [6.45, 7) is 0. The second kappa shape index (κ2) is 5.96. The largest absolute Gasteiger partial charge is 0.493 e. The third-order valence-corrected chi connectivity index (χ3v) is 3.53. The van der Waals surface area contributed by atoms with Crippen LogP contribution in [0.3, 0.4) is 0 Å². The van der Waals surface area contributed by atoms with Gasteiger partial charge in [-0.05, 0) is 30.3 Å². The minimum atomic E-state index is -0.663. The van der Waals surface area contributed by atoms with Crippen LogP contribution in [-0.4, -0.2) is 20.0 Å². The number of para-hydroxylation sites is 1. The van der Waals surface area contributed by atoms with E-state index in [2.05, 4.69) is 0 Å². The molecule has 0 aliphatic heterocycles. The van der Waals surface area contributed by atoms with Crippen LogP contribution in [0, 0.1) is 0 Å². The van der Waals surface area contributed by atoms with Gasteiger partial charge in [0, 0.05) is 10.9 Å². The summed E-state index contributed by atoms with van der Waals surface area (Å²) in [5.74, 6) is 0.503. The van der Waals surface area contributed by atoms with E-state index in [0.29, 0.717) is 28.0 Å². The number of carbonyl (C=O) groups is 1. The van der Waals surface area contributed by atoms with Crippen molar-refractivity contribution in [1.29, 1.82) is 0 Å². The smallest absolute Gasteiger partial charge is 0.347 e. The SMILES string of the molecule is COc1ccc(C(=O)c2cc3ccccc3oc2=O)cc1OC. The summed E-state index contributed by atoms with van der Waals surface area (Å²) in [7, 11) is 2.99. The first-order chi connectivity index (χ1) is 11.1. The van der Waals surface area contributed by atoms with E-state index in [1.807, 2.05) is 6.07 Å². The molecule has 116 valence electrons. The van der Waals surface area contributed by atoms with E-state index in [4.69, 9.17) is 13.9 Å². The third kappa shape index (κ3) is 2.68. The summed E-state index contributed by atoms with van der Waals surface area (Å²) >= 11 is 0. The maximum Gasteiger partial charge on any atom is 0.347 e. The number of hydrogen-bond donors (Lipinski definition) is 0. The second-order valence-corrected chi connectivity index (χ2v) is 4.88. The average Bonchev–Trinajstić information content (AvgIpc) is 2.59. The topological polar surface area (TPSA) is 65.7 Å². The number of fused-ring (bicyclic) bond motifs is 1. The lowest BCUT2D eigenvalue weighted by molar-refractivity contribution is 0.103. The van der Waals surface area contributed by atoms with Crippen LogP contribution in [0.1, 0.15) is 15.9 Å². The molecule has 0 radical (unpaired) electrons. The van der Waals surface area contributed by atoms with Gasteiger partial charge in [-0.25, -0.2) is 4.79 Å². The summed E-state index contributed by atoms with van der Waals surface area (Å²) in [6, 6.07) is 13.3. The minimum absolute atomic E-state index is 0.0177. The summed E-state index contributed by atoms with van der Waals surface area (Å²) in [4.78, 5) is 24.7. The average molecular weight is 310 g/mol. The Kier molecular flexibility index (Phi) is 3.85. The number of methoxy groups -OCH3 is 2. The molecule has 0 atom stereocenters. The lowest BCUT2D eigenvalue weighted by atomic mass is 10.0. The van der Waals surface area contributed by atoms with Crippen LogP contribution in [0.15, 0.2) is 57.7 Å². The molecule has 0 aliphatic carbocycles. The maximum absolute atomic E-state index is 12.6. The molecule has 1 aromatic heterocycles. The zero-order valence-corrected chi connectivity index (χ0v) is 12.7. The Hall–Kier alpha value is -3.08. The Morgan fingerprint density at radius 3 is 2.43 bits per heavy atom. The van der Waals surface area contributed by atoms with Crippen molar-refractivity contribution in [3.8, 4) is 11.5 Å². The maximum atomic E-state index is 12.6. The molecule has 0 unspecified atom stereocenters. The Bertz CT molecular complexity index is 940. The van der Waals surface area contributed by atoms with E-state index in [-0.39, 0.29) is 5.56 Å². The molecule has 2 aromatic carbocycles. The lowest BCUT2D eigenvalue weighted by Gasteiger charge is -2.09. The number of hydrogen-bond acceptors (Lipinski definition) is 5. The molecule has 0 bridgehead atoms. The monoisotopic (exact) mass is 310 g/mol. The fraction of sp³-hybridized carbons (Fsp3) is 0.111. The fourth-order valence-corrected chi connectivity index (χ4v) is 2.35. The number of ketones is 1. The first-order valence-corrected chi connectivity index (χ1v) is 6.93. The normalized spacial score (nSPS) is 10.5. The Morgan fingerprint density at radius 1 is 0.957 bits per heavy atom. The zero-order chi connectivity index (χ0) is 16.4. The Morgan fingerprint density at radius 2 is 1.70 bits per heavy atom. The van der Waals surface area contributed by atoms with Gasteiger partial charge in [-0.3, -0.25) is 4.79 Å². The Balaban J connectivity index is 2.10. The highest BCUT2D eigenvalue weighted by Crippen LogP contribution is 2.28. The number of benzene rings is 2. The molecule has 23 heavy (non-hydrogen) atoms. The van der Waals surface area contributed by atoms with Gasteiger partial charge in [0.25, 0.3) is 0 Å². The van der Waals surface area contributed by atoms with Gasteiger partial charge in [-0.1, -0.05) is 18.2 Å². The van der Waals surface area contributed by atoms with Crippen LogP contribution in [0.2, 0.25) is 0 Å². The summed E-state index contributed by atoms with van der Waals surface area (Å²) in [6.07, 6.45) is 0. The molecule has 5 nitrogen and oxygen atoms in total. The van der Waals surface area contributed by atoms with Gasteiger partial charge in [-0.15, -0.1) is 0 Å². The van der Waals surface area contributed by atoms with Crippen molar-refractivity contribution in [2.45, 2.75) is 0 Å². The molecular formula is C18H14O5. The van der Waals surface area contributed by atoms with Gasteiger partial charge in [0.1, 0.15) is 11.1 Å². The zero-order valence-electron chi connectivity index (χ0n) is 12.7. The quantitative estimate of drug-likeness (QED) is 0.547. The van der Waals surface area contributed by atoms with Crippen LogP contribution in [-0.2, 0) is 0 Å². The van der Waals surface area contributed by atoms with Crippen molar-refractivity contribution in [3.63, 3.8) is 0 Å². The molecule has 0 saturated carbocycles. The van der Waals surface area contributed by atoms with Crippen LogP contribution in [0.5, 0.6) is 11.5 Å². The molecule has 3 rings (SSSR count). The Labute approximate surface area is 132 Å². The van der Waals surface area contributed by atoms with E-state index in [1.54, 1.807) is 36.4 Å². The number of ether oxygens (including phenoxy) is 2. The highest BCUT2D eigenvalue weighted by Gasteiger charge is 2.17. The van der Waals surface area contributed by atoms with Crippen LogP contribution < -0.4 is 15.1 Å². The number of rotatable bonds is 4. The van der Waals surface area contributed by atoms with Gasteiger partial charge in [0.15, 0.2) is 11.5 Å². The highest BCUT2D eigenvalue weighted by molar-refractivity contribution is 6.10. The third-order valence-electron chi connectivity index (χ3n) is 3.53. The standard InChI is InChI=1S/C18H14O5/c1-21-15-8-7-12(10-16(15)22-2)17(19)13-9-11-5-3-4-6-14(11)23-18(13)20/h3-10H,1-2H3. The van der Waals surface area contributed by atoms with Crippen molar-refractivity contribution >= 4 is 16.8 Å². The molecule has 0 fully saturated rings. The predicted octanol–water partition coefficient (Wildman–Crippen LogP) is 3.04. The van der Waals surface area contributed by atoms with Crippen molar-refractivity contribution in [2.24, 2.45) is 0 Å². The van der Waals surface area contributed by atoms with E-state index in [9.17, 15) is 9.59 Å². The molecule has 0 saturated heterocycles. The molecule has 1 heterocycles. The summed E-state index contributed by atoms with van der Waals surface area (Å²) < 4.78 is 15.5. The minimum Gasteiger partial charge on any atom is -0.493 e. The van der Waals surface area contributed by atoms with Gasteiger partial charge < -0.3 is 13.9 Å². The van der Waals surface area contributed by atoms with Crippen molar-refractivity contribution in [1.82, 2.24) is 0 Å². The van der Waals surface area contributed by atoms with Crippen molar-refractivity contribution < 1.29 is 18.7 Å². The second-order valence-electron chi connectivity index (χ2n) is 4.88. The van der Waals surface area contributed by atoms with Gasteiger partial charge in [0.05, 0.1) is 14.2 Å². The lowest BCUT2D eigenvalue weighted by Crippen LogP contribution is -2.14. The first-order valence-electron chi connectivity index (χ1n) is 6.93. The van der Waals surface area contributed by atoms with E-state index in [0.717, 1.165) is 0 Å². The molecule has 0 aliphatic rings. The predicted molar refractivity (Wildman–Crippen MR) is 85.5 cm³/mol. The molecule has 5 heteroatoms. The first kappa shape index (κ1) is 14.8. The van der Waals surface area contributed by atoms with E-state index >= 15 is 0 Å². The van der Waals surface area contributed by atoms with Gasteiger partial charge in [0.2, 0.25) is 5.78 Å². The molecule has 0 amide bonds.